The zero-order valence-corrected chi connectivity index (χ0v) is 9.94. The summed E-state index contributed by atoms with van der Waals surface area (Å²) in [5.41, 5.74) is 0. The Labute approximate surface area is 99.1 Å². The molecule has 0 saturated carbocycles. The number of thioether (sulfide) groups is 1. The van der Waals surface area contributed by atoms with E-state index in [2.05, 4.69) is 16.0 Å². The average molecular weight is 243 g/mol. The van der Waals surface area contributed by atoms with Gasteiger partial charge in [-0.1, -0.05) is 11.8 Å². The maximum Gasteiger partial charge on any atom is 0.279 e. The van der Waals surface area contributed by atoms with E-state index >= 15 is 0 Å². The number of nitrogens with one attached hydrogen (secondary N) is 3. The molecule has 2 rings (SSSR count). The van der Waals surface area contributed by atoms with Crippen molar-refractivity contribution in [1.82, 2.24) is 16.0 Å². The van der Waals surface area contributed by atoms with Crippen LogP contribution in [0.1, 0.15) is 19.3 Å². The van der Waals surface area contributed by atoms with Gasteiger partial charge in [-0.2, -0.15) is 0 Å². The van der Waals surface area contributed by atoms with Gasteiger partial charge in [-0.25, -0.2) is 0 Å². The van der Waals surface area contributed by atoms with Crippen molar-refractivity contribution < 1.29 is 9.59 Å². The fourth-order valence-electron chi connectivity index (χ4n) is 1.99. The minimum Gasteiger partial charge on any atom is -0.352 e. The van der Waals surface area contributed by atoms with Crippen LogP contribution in [0.5, 0.6) is 0 Å². The van der Waals surface area contributed by atoms with Crippen LogP contribution in [0.25, 0.3) is 0 Å². The Morgan fingerprint density at radius 3 is 3.00 bits per heavy atom. The first-order valence-electron chi connectivity index (χ1n) is 5.70. The Balaban J connectivity index is 1.79. The maximum absolute atomic E-state index is 11.8. The molecule has 2 saturated heterocycles. The molecule has 0 aromatic rings. The van der Waals surface area contributed by atoms with Gasteiger partial charge in [0.1, 0.15) is 6.04 Å². The molecule has 2 unspecified atom stereocenters. The molecular formula is C10H17N3O2S. The van der Waals surface area contributed by atoms with Gasteiger partial charge in [0.15, 0.2) is 0 Å². The molecule has 16 heavy (non-hydrogen) atoms. The molecule has 2 fully saturated rings. The van der Waals surface area contributed by atoms with E-state index in [-0.39, 0.29) is 23.2 Å². The lowest BCUT2D eigenvalue weighted by molar-refractivity contribution is -0.123. The number of hydrogen-bond acceptors (Lipinski definition) is 4. The molecular weight excluding hydrogens is 226 g/mol. The van der Waals surface area contributed by atoms with Crippen LogP contribution < -0.4 is 16.0 Å². The number of carbonyl (C=O) groups is 2. The minimum absolute atomic E-state index is 0.0368. The molecule has 0 spiro atoms. The summed E-state index contributed by atoms with van der Waals surface area (Å²) in [5, 5.41) is 8.88. The van der Waals surface area contributed by atoms with Gasteiger partial charge in [0, 0.05) is 11.8 Å². The maximum atomic E-state index is 11.8. The van der Waals surface area contributed by atoms with Crippen molar-refractivity contribution in [3.8, 4) is 0 Å². The van der Waals surface area contributed by atoms with E-state index in [4.69, 9.17) is 0 Å². The van der Waals surface area contributed by atoms with E-state index in [9.17, 15) is 9.59 Å². The molecule has 2 amide bonds. The molecule has 2 aliphatic heterocycles. The quantitative estimate of drug-likeness (QED) is 0.642. The van der Waals surface area contributed by atoms with Crippen molar-refractivity contribution in [2.45, 2.75) is 31.3 Å². The Bertz CT molecular complexity index is 277. The number of amides is 2. The summed E-state index contributed by atoms with van der Waals surface area (Å²) in [6.07, 6.45) is 3.09. The van der Waals surface area contributed by atoms with Crippen molar-refractivity contribution in [3.63, 3.8) is 0 Å². The minimum atomic E-state index is -0.339. The SMILES string of the molecule is O=C1NC(C(=O)NC2CCCNCC2)CS1. The molecule has 2 atom stereocenters. The van der Waals surface area contributed by atoms with E-state index < -0.39 is 0 Å². The summed E-state index contributed by atoms with van der Waals surface area (Å²) in [6.45, 7) is 1.99. The molecule has 6 heteroatoms. The van der Waals surface area contributed by atoms with Crippen LogP contribution in [-0.4, -0.2) is 42.1 Å². The molecule has 2 aliphatic rings. The highest BCUT2D eigenvalue weighted by atomic mass is 32.2. The molecule has 0 aromatic heterocycles. The molecule has 0 aromatic carbocycles. The van der Waals surface area contributed by atoms with Crippen LogP contribution in [0, 0.1) is 0 Å². The summed E-state index contributed by atoms with van der Waals surface area (Å²) < 4.78 is 0. The Hall–Kier alpha value is -0.750. The third-order valence-electron chi connectivity index (χ3n) is 2.91. The highest BCUT2D eigenvalue weighted by Crippen LogP contribution is 2.13. The number of carbonyl (C=O) groups excluding carboxylic acids is 2. The van der Waals surface area contributed by atoms with Gasteiger partial charge < -0.3 is 16.0 Å². The van der Waals surface area contributed by atoms with E-state index in [0.717, 1.165) is 32.4 Å². The van der Waals surface area contributed by atoms with Crippen molar-refractivity contribution >= 4 is 22.9 Å². The van der Waals surface area contributed by atoms with Gasteiger partial charge in [0.05, 0.1) is 0 Å². The van der Waals surface area contributed by atoms with Gasteiger partial charge in [-0.15, -0.1) is 0 Å². The highest BCUT2D eigenvalue weighted by molar-refractivity contribution is 8.14. The van der Waals surface area contributed by atoms with Crippen LogP contribution >= 0.6 is 11.8 Å². The lowest BCUT2D eigenvalue weighted by atomic mass is 10.1. The Kier molecular flexibility index (Phi) is 4.06. The summed E-state index contributed by atoms with van der Waals surface area (Å²) in [5.74, 6) is 0.514. The number of rotatable bonds is 2. The average Bonchev–Trinajstić information content (AvgIpc) is 2.54. The van der Waals surface area contributed by atoms with Gasteiger partial charge in [-0.3, -0.25) is 9.59 Å². The van der Waals surface area contributed by atoms with Crippen molar-refractivity contribution in [3.05, 3.63) is 0 Å². The van der Waals surface area contributed by atoms with E-state index in [1.54, 1.807) is 0 Å². The standard InChI is InChI=1S/C10H17N3O2S/c14-9(8-6-16-10(15)13-8)12-7-2-1-4-11-5-3-7/h7-8,11H,1-6H2,(H,12,14)(H,13,15). The summed E-state index contributed by atoms with van der Waals surface area (Å²) in [6, 6.07) is -0.0845. The molecule has 3 N–H and O–H groups in total. The predicted molar refractivity (Wildman–Crippen MR) is 63.4 cm³/mol. The predicted octanol–water partition coefficient (Wildman–Crippen LogP) is 0.0697. The van der Waals surface area contributed by atoms with Crippen LogP contribution in [-0.2, 0) is 4.79 Å². The summed E-state index contributed by atoms with van der Waals surface area (Å²) >= 11 is 1.18. The molecule has 0 radical (unpaired) electrons. The van der Waals surface area contributed by atoms with Crippen LogP contribution in [0.15, 0.2) is 0 Å². The lowest BCUT2D eigenvalue weighted by Crippen LogP contribution is -2.47. The van der Waals surface area contributed by atoms with E-state index in [0.29, 0.717) is 5.75 Å². The summed E-state index contributed by atoms with van der Waals surface area (Å²) in [4.78, 5) is 22.8. The topological polar surface area (TPSA) is 70.2 Å². The Morgan fingerprint density at radius 1 is 1.38 bits per heavy atom. The van der Waals surface area contributed by atoms with Gasteiger partial charge >= 0.3 is 0 Å². The van der Waals surface area contributed by atoms with Crippen LogP contribution in [0.3, 0.4) is 0 Å². The first-order valence-corrected chi connectivity index (χ1v) is 6.68. The zero-order chi connectivity index (χ0) is 11.4. The molecule has 90 valence electrons. The highest BCUT2D eigenvalue weighted by Gasteiger charge is 2.29. The van der Waals surface area contributed by atoms with Gasteiger partial charge in [-0.05, 0) is 32.4 Å². The van der Waals surface area contributed by atoms with Crippen molar-refractivity contribution in [2.24, 2.45) is 0 Å². The fourth-order valence-corrected chi connectivity index (χ4v) is 2.77. The number of hydrogen-bond donors (Lipinski definition) is 3. The second-order valence-electron chi connectivity index (χ2n) is 4.18. The first-order chi connectivity index (χ1) is 7.75. The molecule has 2 heterocycles. The lowest BCUT2D eigenvalue weighted by Gasteiger charge is -2.18. The van der Waals surface area contributed by atoms with Crippen LogP contribution in [0.4, 0.5) is 4.79 Å². The summed E-state index contributed by atoms with van der Waals surface area (Å²) in [7, 11) is 0. The third kappa shape index (κ3) is 3.12. The smallest absolute Gasteiger partial charge is 0.279 e. The molecule has 0 aliphatic carbocycles. The van der Waals surface area contributed by atoms with Crippen LogP contribution in [0.2, 0.25) is 0 Å². The second-order valence-corrected chi connectivity index (χ2v) is 5.17. The normalized spacial score (nSPS) is 30.6. The largest absolute Gasteiger partial charge is 0.352 e. The molecule has 5 nitrogen and oxygen atoms in total. The fraction of sp³-hybridized carbons (Fsp3) is 0.800. The monoisotopic (exact) mass is 243 g/mol. The van der Waals surface area contributed by atoms with Gasteiger partial charge in [0.25, 0.3) is 5.24 Å². The molecule has 0 bridgehead atoms. The van der Waals surface area contributed by atoms with Crippen molar-refractivity contribution in [1.29, 1.82) is 0 Å². The third-order valence-corrected chi connectivity index (χ3v) is 3.79. The zero-order valence-electron chi connectivity index (χ0n) is 9.12. The van der Waals surface area contributed by atoms with E-state index in [1.807, 2.05) is 0 Å². The first kappa shape index (κ1) is 11.7. The Morgan fingerprint density at radius 2 is 2.25 bits per heavy atom. The van der Waals surface area contributed by atoms with Gasteiger partial charge in [0.2, 0.25) is 5.91 Å². The van der Waals surface area contributed by atoms with E-state index in [1.165, 1.54) is 11.8 Å². The second kappa shape index (κ2) is 5.54. The van der Waals surface area contributed by atoms with Crippen molar-refractivity contribution in [2.75, 3.05) is 18.8 Å².